The van der Waals surface area contributed by atoms with E-state index in [0.717, 1.165) is 76.4 Å². The monoisotopic (exact) mass is 344 g/mol. The molecule has 6 heteroatoms. The molecule has 0 radical (unpaired) electrons. The van der Waals surface area contributed by atoms with Gasteiger partial charge in [0.15, 0.2) is 0 Å². The summed E-state index contributed by atoms with van der Waals surface area (Å²) in [5.74, 6) is -1.07. The van der Waals surface area contributed by atoms with E-state index in [0.29, 0.717) is 13.2 Å². The molecule has 0 unspecified atom stereocenters. The summed E-state index contributed by atoms with van der Waals surface area (Å²) in [5, 5.41) is 17.3. The lowest BCUT2D eigenvalue weighted by atomic mass is 10.1. The van der Waals surface area contributed by atoms with E-state index in [-0.39, 0.29) is 13.2 Å². The fourth-order valence-corrected chi connectivity index (χ4v) is 2.07. The Hall–Kier alpha value is -1.40. The Morgan fingerprint density at radius 1 is 0.583 bits per heavy atom. The molecule has 0 heterocycles. The Kier molecular flexibility index (Phi) is 16.9. The lowest BCUT2D eigenvalue weighted by molar-refractivity contribution is -0.140. The molecule has 0 saturated carbocycles. The molecule has 0 saturated heterocycles. The molecule has 24 heavy (non-hydrogen) atoms. The first kappa shape index (κ1) is 22.6. The van der Waals surface area contributed by atoms with Gasteiger partial charge >= 0.3 is 11.9 Å². The second kappa shape index (κ2) is 17.9. The zero-order chi connectivity index (χ0) is 17.9. The fraction of sp³-hybridized carbons (Fsp3) is 0.778. The van der Waals surface area contributed by atoms with Crippen LogP contribution in [-0.2, 0) is 19.1 Å². The number of unbranched alkanes of at least 4 members (excludes halogenated alkanes) is 8. The summed E-state index contributed by atoms with van der Waals surface area (Å²) in [6.45, 7) is 1.12. The van der Waals surface area contributed by atoms with E-state index in [4.69, 9.17) is 19.7 Å². The topological polar surface area (TPSA) is 93.1 Å². The van der Waals surface area contributed by atoms with Crippen molar-refractivity contribution in [3.8, 4) is 0 Å². The summed E-state index contributed by atoms with van der Waals surface area (Å²) in [7, 11) is 0. The highest BCUT2D eigenvalue weighted by molar-refractivity contribution is 5.91. The predicted octanol–water partition coefficient (Wildman–Crippen LogP) is 2.51. The summed E-state index contributed by atoms with van der Waals surface area (Å²) in [4.78, 5) is 22.8. The van der Waals surface area contributed by atoms with Crippen molar-refractivity contribution in [2.45, 2.75) is 64.2 Å². The molecule has 0 spiro atoms. The first-order valence-corrected chi connectivity index (χ1v) is 8.94. The van der Waals surface area contributed by atoms with Gasteiger partial charge in [-0.15, -0.1) is 0 Å². The summed E-state index contributed by atoms with van der Waals surface area (Å²) in [6.07, 6.45) is 11.3. The fourth-order valence-electron chi connectivity index (χ4n) is 2.07. The molecule has 0 rings (SSSR count). The highest BCUT2D eigenvalue weighted by Crippen LogP contribution is 2.04. The minimum Gasteiger partial charge on any atom is -0.463 e. The van der Waals surface area contributed by atoms with Crippen LogP contribution >= 0.6 is 0 Å². The van der Waals surface area contributed by atoms with Gasteiger partial charge in [-0.3, -0.25) is 0 Å². The Labute approximate surface area is 144 Å². The van der Waals surface area contributed by atoms with Gasteiger partial charge < -0.3 is 19.7 Å². The van der Waals surface area contributed by atoms with E-state index < -0.39 is 11.9 Å². The highest BCUT2D eigenvalue weighted by atomic mass is 16.5. The Morgan fingerprint density at radius 3 is 1.29 bits per heavy atom. The van der Waals surface area contributed by atoms with Crippen molar-refractivity contribution in [3.63, 3.8) is 0 Å². The first-order chi connectivity index (χ1) is 11.7. The van der Waals surface area contributed by atoms with Crippen molar-refractivity contribution in [3.05, 3.63) is 12.2 Å². The maximum Gasteiger partial charge on any atom is 0.331 e. The van der Waals surface area contributed by atoms with Crippen LogP contribution in [0.4, 0.5) is 0 Å². The second-order valence-electron chi connectivity index (χ2n) is 5.65. The average Bonchev–Trinajstić information content (AvgIpc) is 2.58. The predicted molar refractivity (Wildman–Crippen MR) is 91.4 cm³/mol. The Balaban J connectivity index is 3.48. The quantitative estimate of drug-likeness (QED) is 0.254. The molecule has 0 aromatic carbocycles. The number of hydrogen-bond donors (Lipinski definition) is 2. The molecule has 0 amide bonds. The smallest absolute Gasteiger partial charge is 0.331 e. The number of ether oxygens (including phenoxy) is 2. The van der Waals surface area contributed by atoms with Gasteiger partial charge in [-0.05, 0) is 25.7 Å². The van der Waals surface area contributed by atoms with Gasteiger partial charge in [0.1, 0.15) is 0 Å². The third-order valence-electron chi connectivity index (χ3n) is 3.45. The zero-order valence-electron chi connectivity index (χ0n) is 14.6. The number of hydrogen-bond acceptors (Lipinski definition) is 6. The lowest BCUT2D eigenvalue weighted by Crippen LogP contribution is -2.06. The van der Waals surface area contributed by atoms with Crippen LogP contribution in [0, 0.1) is 0 Å². The van der Waals surface area contributed by atoms with Crippen LogP contribution in [0.1, 0.15) is 64.2 Å². The molecule has 2 N–H and O–H groups in total. The number of carbonyl (C=O) groups is 2. The Bertz CT molecular complexity index is 308. The molecule has 0 aromatic heterocycles. The summed E-state index contributed by atoms with van der Waals surface area (Å²) >= 11 is 0. The highest BCUT2D eigenvalue weighted by Gasteiger charge is 2.01. The standard InChI is InChI=1S/C18H32O6/c19-13-7-3-1-5-9-15-23-17(21)11-12-18(22)24-16-10-6-2-4-8-14-20/h11-12,19-20H,1-10,13-16H2/b12-11-. The van der Waals surface area contributed by atoms with Crippen molar-refractivity contribution in [2.24, 2.45) is 0 Å². The van der Waals surface area contributed by atoms with E-state index in [1.54, 1.807) is 0 Å². The molecule has 0 bridgehead atoms. The summed E-state index contributed by atoms with van der Waals surface area (Å²) < 4.78 is 9.95. The molecule has 6 nitrogen and oxygen atoms in total. The maximum atomic E-state index is 11.4. The zero-order valence-corrected chi connectivity index (χ0v) is 14.6. The van der Waals surface area contributed by atoms with Crippen LogP contribution in [-0.4, -0.2) is 48.6 Å². The van der Waals surface area contributed by atoms with Gasteiger partial charge in [0.25, 0.3) is 0 Å². The third-order valence-corrected chi connectivity index (χ3v) is 3.45. The van der Waals surface area contributed by atoms with Crippen molar-refractivity contribution in [1.29, 1.82) is 0 Å². The molecule has 0 fully saturated rings. The van der Waals surface area contributed by atoms with Gasteiger partial charge in [0.2, 0.25) is 0 Å². The number of aliphatic hydroxyl groups is 2. The van der Waals surface area contributed by atoms with E-state index in [1.165, 1.54) is 0 Å². The minimum absolute atomic E-state index is 0.222. The van der Waals surface area contributed by atoms with Gasteiger partial charge in [0, 0.05) is 25.4 Å². The third kappa shape index (κ3) is 17.0. The van der Waals surface area contributed by atoms with Crippen LogP contribution in [0.2, 0.25) is 0 Å². The van der Waals surface area contributed by atoms with Crippen molar-refractivity contribution >= 4 is 11.9 Å². The average molecular weight is 344 g/mol. The second-order valence-corrected chi connectivity index (χ2v) is 5.65. The number of esters is 2. The van der Waals surface area contributed by atoms with Gasteiger partial charge in [-0.25, -0.2) is 9.59 Å². The van der Waals surface area contributed by atoms with Crippen LogP contribution in [0.5, 0.6) is 0 Å². The summed E-state index contributed by atoms with van der Waals surface area (Å²) in [6, 6.07) is 0. The molecule has 0 aromatic rings. The van der Waals surface area contributed by atoms with Crippen molar-refractivity contribution in [2.75, 3.05) is 26.4 Å². The molecule has 0 aliphatic carbocycles. The maximum absolute atomic E-state index is 11.4. The van der Waals surface area contributed by atoms with E-state index in [9.17, 15) is 9.59 Å². The Morgan fingerprint density at radius 2 is 0.917 bits per heavy atom. The van der Waals surface area contributed by atoms with E-state index in [2.05, 4.69) is 0 Å². The van der Waals surface area contributed by atoms with Crippen LogP contribution in [0.3, 0.4) is 0 Å². The first-order valence-electron chi connectivity index (χ1n) is 8.94. The molecular weight excluding hydrogens is 312 g/mol. The van der Waals surface area contributed by atoms with Gasteiger partial charge in [-0.2, -0.15) is 0 Å². The van der Waals surface area contributed by atoms with Gasteiger partial charge in [-0.1, -0.05) is 38.5 Å². The van der Waals surface area contributed by atoms with E-state index in [1.807, 2.05) is 0 Å². The van der Waals surface area contributed by atoms with Crippen molar-refractivity contribution in [1.82, 2.24) is 0 Å². The van der Waals surface area contributed by atoms with E-state index >= 15 is 0 Å². The number of rotatable bonds is 16. The summed E-state index contributed by atoms with van der Waals surface area (Å²) in [5.41, 5.74) is 0. The van der Waals surface area contributed by atoms with Crippen LogP contribution in [0.25, 0.3) is 0 Å². The van der Waals surface area contributed by atoms with Crippen LogP contribution < -0.4 is 0 Å². The minimum atomic E-state index is -0.536. The molecule has 0 aliphatic rings. The molecule has 0 aliphatic heterocycles. The molecular formula is C18H32O6. The molecule has 0 atom stereocenters. The largest absolute Gasteiger partial charge is 0.463 e. The van der Waals surface area contributed by atoms with Crippen LogP contribution in [0.15, 0.2) is 12.2 Å². The molecule has 140 valence electrons. The van der Waals surface area contributed by atoms with Crippen molar-refractivity contribution < 1.29 is 29.3 Å². The van der Waals surface area contributed by atoms with Gasteiger partial charge in [0.05, 0.1) is 13.2 Å². The number of aliphatic hydroxyl groups excluding tert-OH is 2. The normalized spacial score (nSPS) is 10.9. The number of carbonyl (C=O) groups excluding carboxylic acids is 2. The lowest BCUT2D eigenvalue weighted by Gasteiger charge is -2.03. The SMILES string of the molecule is O=C(/C=C\C(=O)OCCCCCCCO)OCCCCCCCO.